The summed E-state index contributed by atoms with van der Waals surface area (Å²) in [5, 5.41) is 0.508. The third kappa shape index (κ3) is 4.29. The van der Waals surface area contributed by atoms with Crippen molar-refractivity contribution in [3.05, 3.63) is 93.2 Å². The largest absolute Gasteiger partial charge is 0.339 e. The minimum atomic E-state index is -0.204. The summed E-state index contributed by atoms with van der Waals surface area (Å²) in [5.74, 6) is 0.492. The molecule has 1 N–H and O–H groups in total. The standard InChI is InChI=1S/C25H23BrN4O2/c1-3-29(4-2)24(31)18-10-13-20(14-11-18)28-30-23(17-8-6-5-7-9-17)27-22-16-19(26)12-15-21(22)25(30)32/h5-16,28H,3-4H2,1-2H3. The van der Waals surface area contributed by atoms with Crippen molar-refractivity contribution in [1.29, 1.82) is 0 Å². The number of fused-ring (bicyclic) bond motifs is 1. The lowest BCUT2D eigenvalue weighted by molar-refractivity contribution is 0.0773. The van der Waals surface area contributed by atoms with Gasteiger partial charge in [0, 0.05) is 28.7 Å². The Kier molecular flexibility index (Phi) is 6.37. The van der Waals surface area contributed by atoms with Crippen molar-refractivity contribution in [2.45, 2.75) is 13.8 Å². The summed E-state index contributed by atoms with van der Waals surface area (Å²) >= 11 is 3.45. The Labute approximate surface area is 194 Å². The third-order valence-corrected chi connectivity index (χ3v) is 5.78. The fraction of sp³-hybridized carbons (Fsp3) is 0.160. The predicted octanol–water partition coefficient (Wildman–Crippen LogP) is 5.18. The van der Waals surface area contributed by atoms with Crippen molar-refractivity contribution in [3.63, 3.8) is 0 Å². The molecule has 0 spiro atoms. The molecule has 32 heavy (non-hydrogen) atoms. The zero-order valence-corrected chi connectivity index (χ0v) is 19.5. The number of carbonyl (C=O) groups is 1. The molecule has 0 aliphatic carbocycles. The van der Waals surface area contributed by atoms with Crippen LogP contribution < -0.4 is 11.0 Å². The number of halogens is 1. The summed E-state index contributed by atoms with van der Waals surface area (Å²) in [6.45, 7) is 5.23. The van der Waals surface area contributed by atoms with E-state index in [4.69, 9.17) is 4.98 Å². The first-order chi connectivity index (χ1) is 15.5. The molecule has 1 aromatic heterocycles. The van der Waals surface area contributed by atoms with E-state index in [-0.39, 0.29) is 11.5 Å². The molecule has 0 unspecified atom stereocenters. The van der Waals surface area contributed by atoms with Gasteiger partial charge in [-0.25, -0.2) is 9.66 Å². The van der Waals surface area contributed by atoms with Crippen LogP contribution in [0.1, 0.15) is 24.2 Å². The van der Waals surface area contributed by atoms with Gasteiger partial charge in [-0.2, -0.15) is 0 Å². The summed E-state index contributed by atoms with van der Waals surface area (Å²) in [7, 11) is 0. The van der Waals surface area contributed by atoms with E-state index >= 15 is 0 Å². The third-order valence-electron chi connectivity index (χ3n) is 5.29. The highest BCUT2D eigenvalue weighted by Gasteiger charge is 2.15. The maximum absolute atomic E-state index is 13.4. The van der Waals surface area contributed by atoms with Crippen LogP contribution in [0, 0.1) is 0 Å². The summed E-state index contributed by atoms with van der Waals surface area (Å²) in [6, 6.07) is 22.1. The smallest absolute Gasteiger partial charge is 0.280 e. The SMILES string of the molecule is CCN(CC)C(=O)c1ccc(Nn2c(-c3ccccc3)nc3cc(Br)ccc3c2=O)cc1. The Balaban J connectivity index is 1.77. The number of aromatic nitrogens is 2. The van der Waals surface area contributed by atoms with E-state index in [0.29, 0.717) is 41.1 Å². The second kappa shape index (κ2) is 9.36. The first kappa shape index (κ1) is 21.8. The minimum Gasteiger partial charge on any atom is -0.339 e. The summed E-state index contributed by atoms with van der Waals surface area (Å²) in [6.07, 6.45) is 0. The van der Waals surface area contributed by atoms with Crippen LogP contribution in [0.4, 0.5) is 5.69 Å². The Morgan fingerprint density at radius 3 is 2.34 bits per heavy atom. The van der Waals surface area contributed by atoms with Crippen molar-refractivity contribution in [1.82, 2.24) is 14.6 Å². The topological polar surface area (TPSA) is 67.2 Å². The molecule has 0 fully saturated rings. The molecule has 0 radical (unpaired) electrons. The van der Waals surface area contributed by atoms with E-state index in [1.807, 2.05) is 56.3 Å². The number of rotatable bonds is 6. The molecule has 7 heteroatoms. The predicted molar refractivity (Wildman–Crippen MR) is 132 cm³/mol. The lowest BCUT2D eigenvalue weighted by atomic mass is 10.1. The molecular weight excluding hydrogens is 468 g/mol. The van der Waals surface area contributed by atoms with Crippen molar-refractivity contribution in [3.8, 4) is 11.4 Å². The van der Waals surface area contributed by atoms with E-state index < -0.39 is 0 Å². The fourth-order valence-corrected chi connectivity index (χ4v) is 3.90. The first-order valence-electron chi connectivity index (χ1n) is 10.5. The van der Waals surface area contributed by atoms with E-state index in [9.17, 15) is 9.59 Å². The Hall–Kier alpha value is -3.45. The molecule has 0 saturated heterocycles. The number of anilines is 1. The zero-order valence-electron chi connectivity index (χ0n) is 17.9. The van der Waals surface area contributed by atoms with Crippen LogP contribution in [0.5, 0.6) is 0 Å². The van der Waals surface area contributed by atoms with Crippen LogP contribution in [0.2, 0.25) is 0 Å². The van der Waals surface area contributed by atoms with Gasteiger partial charge in [-0.3, -0.25) is 15.0 Å². The molecule has 0 saturated carbocycles. The summed E-state index contributed by atoms with van der Waals surface area (Å²) in [5.41, 5.74) is 5.68. The minimum absolute atomic E-state index is 0.0124. The molecule has 0 atom stereocenters. The average molecular weight is 491 g/mol. The van der Waals surface area contributed by atoms with Gasteiger partial charge in [0.1, 0.15) is 0 Å². The lowest BCUT2D eigenvalue weighted by Crippen LogP contribution is -2.30. The highest BCUT2D eigenvalue weighted by Crippen LogP contribution is 2.22. The van der Waals surface area contributed by atoms with Crippen LogP contribution >= 0.6 is 15.9 Å². The Morgan fingerprint density at radius 2 is 1.69 bits per heavy atom. The zero-order chi connectivity index (χ0) is 22.7. The molecule has 4 rings (SSSR count). The number of nitrogens with zero attached hydrogens (tertiary/aromatic N) is 3. The van der Waals surface area contributed by atoms with Gasteiger partial charge in [0.15, 0.2) is 5.82 Å². The van der Waals surface area contributed by atoms with Gasteiger partial charge in [-0.05, 0) is 56.3 Å². The normalized spacial score (nSPS) is 10.8. The Bertz CT molecular complexity index is 1310. The van der Waals surface area contributed by atoms with Crippen LogP contribution in [0.15, 0.2) is 82.1 Å². The number of hydrogen-bond acceptors (Lipinski definition) is 4. The van der Waals surface area contributed by atoms with Gasteiger partial charge >= 0.3 is 0 Å². The lowest BCUT2D eigenvalue weighted by Gasteiger charge is -2.19. The van der Waals surface area contributed by atoms with Crippen molar-refractivity contribution >= 4 is 38.4 Å². The monoisotopic (exact) mass is 490 g/mol. The van der Waals surface area contributed by atoms with Crippen LogP contribution in [0.25, 0.3) is 22.3 Å². The van der Waals surface area contributed by atoms with Gasteiger partial charge in [-0.15, -0.1) is 0 Å². The second-order valence-electron chi connectivity index (χ2n) is 7.27. The number of nitrogens with one attached hydrogen (secondary N) is 1. The molecule has 3 aromatic carbocycles. The maximum Gasteiger partial charge on any atom is 0.280 e. The number of carbonyl (C=O) groups excluding carboxylic acids is 1. The van der Waals surface area contributed by atoms with E-state index in [0.717, 1.165) is 10.0 Å². The van der Waals surface area contributed by atoms with Gasteiger partial charge in [0.05, 0.1) is 16.6 Å². The molecular formula is C25H23BrN4O2. The fourth-order valence-electron chi connectivity index (χ4n) is 3.55. The van der Waals surface area contributed by atoms with Crippen LogP contribution in [-0.2, 0) is 0 Å². The highest BCUT2D eigenvalue weighted by atomic mass is 79.9. The summed E-state index contributed by atoms with van der Waals surface area (Å²) < 4.78 is 2.31. The first-order valence-corrected chi connectivity index (χ1v) is 11.2. The molecule has 1 amide bonds. The number of amides is 1. The van der Waals surface area contributed by atoms with E-state index in [1.54, 1.807) is 35.2 Å². The molecule has 162 valence electrons. The molecule has 1 heterocycles. The molecule has 6 nitrogen and oxygen atoms in total. The second-order valence-corrected chi connectivity index (χ2v) is 8.19. The van der Waals surface area contributed by atoms with Crippen molar-refractivity contribution in [2.24, 2.45) is 0 Å². The van der Waals surface area contributed by atoms with Gasteiger partial charge in [0.2, 0.25) is 0 Å². The van der Waals surface area contributed by atoms with Crippen molar-refractivity contribution in [2.75, 3.05) is 18.5 Å². The summed E-state index contributed by atoms with van der Waals surface area (Å²) in [4.78, 5) is 32.5. The number of benzene rings is 3. The molecule has 0 aliphatic rings. The highest BCUT2D eigenvalue weighted by molar-refractivity contribution is 9.10. The molecule has 0 aliphatic heterocycles. The van der Waals surface area contributed by atoms with Gasteiger partial charge < -0.3 is 4.90 Å². The van der Waals surface area contributed by atoms with Gasteiger partial charge in [0.25, 0.3) is 11.5 Å². The van der Waals surface area contributed by atoms with Gasteiger partial charge in [-0.1, -0.05) is 46.3 Å². The quantitative estimate of drug-likeness (QED) is 0.404. The van der Waals surface area contributed by atoms with E-state index in [1.165, 1.54) is 4.68 Å². The molecule has 4 aromatic rings. The van der Waals surface area contributed by atoms with Crippen LogP contribution in [0.3, 0.4) is 0 Å². The average Bonchev–Trinajstić information content (AvgIpc) is 2.82. The van der Waals surface area contributed by atoms with Crippen molar-refractivity contribution < 1.29 is 4.79 Å². The Morgan fingerprint density at radius 1 is 1.00 bits per heavy atom. The van der Waals surface area contributed by atoms with Crippen LogP contribution in [-0.4, -0.2) is 33.6 Å². The number of hydrogen-bond donors (Lipinski definition) is 1. The van der Waals surface area contributed by atoms with E-state index in [2.05, 4.69) is 21.4 Å². The maximum atomic E-state index is 13.4. The molecule has 0 bridgehead atoms.